The number of aromatic nitrogens is 2. The van der Waals surface area contributed by atoms with Gasteiger partial charge in [0.15, 0.2) is 0 Å². The van der Waals surface area contributed by atoms with Gasteiger partial charge in [-0.15, -0.1) is 0 Å². The van der Waals surface area contributed by atoms with Crippen molar-refractivity contribution in [3.63, 3.8) is 0 Å². The lowest BCUT2D eigenvalue weighted by molar-refractivity contribution is 0.184. The molecule has 2 rings (SSSR count). The molecule has 0 saturated carbocycles. The number of imidazole rings is 1. The predicted octanol–water partition coefficient (Wildman–Crippen LogP) is 2.64. The molecule has 0 saturated heterocycles. The van der Waals surface area contributed by atoms with Crippen LogP contribution in [0.4, 0.5) is 4.39 Å². The van der Waals surface area contributed by atoms with Crippen molar-refractivity contribution < 1.29 is 9.50 Å². The van der Waals surface area contributed by atoms with Gasteiger partial charge in [0.05, 0.1) is 11.0 Å². The number of nitrogens with zero attached hydrogens (tertiary/aromatic N) is 2. The Bertz CT molecular complexity index is 505. The third-order valence-electron chi connectivity index (χ3n) is 2.56. The highest BCUT2D eigenvalue weighted by atomic mass is 19.1. The second-order valence-electron chi connectivity index (χ2n) is 3.93. The van der Waals surface area contributed by atoms with Crippen molar-refractivity contribution in [2.75, 3.05) is 0 Å². The van der Waals surface area contributed by atoms with E-state index in [1.54, 1.807) is 13.0 Å². The lowest BCUT2D eigenvalue weighted by atomic mass is 10.3. The molecule has 4 heteroatoms. The Hall–Kier alpha value is -1.42. The Balaban J connectivity index is 2.67. The van der Waals surface area contributed by atoms with E-state index in [1.165, 1.54) is 12.1 Å². The van der Waals surface area contributed by atoms with E-state index < -0.39 is 6.10 Å². The summed E-state index contributed by atoms with van der Waals surface area (Å²) in [6.07, 6.45) is 0.281. The standard InChI is InChI=1S/C12H15FN2O/c1-3-6-15-11-7-9(13)4-5-10(11)14-12(15)8(2)16/h4-5,7-8,16H,3,6H2,1-2H3. The first kappa shape index (κ1) is 11.1. The Labute approximate surface area is 93.5 Å². The summed E-state index contributed by atoms with van der Waals surface area (Å²) in [5, 5.41) is 9.62. The first-order chi connectivity index (χ1) is 7.63. The number of halogens is 1. The second kappa shape index (κ2) is 4.22. The molecule has 0 aliphatic carbocycles. The molecule has 1 N–H and O–H groups in total. The summed E-state index contributed by atoms with van der Waals surface area (Å²) in [4.78, 5) is 4.32. The molecule has 0 radical (unpaired) electrons. The lowest BCUT2D eigenvalue weighted by Crippen LogP contribution is -2.06. The SMILES string of the molecule is CCCn1c(C(C)O)nc2ccc(F)cc21. The largest absolute Gasteiger partial charge is 0.385 e. The number of aryl methyl sites for hydroxylation is 1. The van der Waals surface area contributed by atoms with Crippen LogP contribution in [0.2, 0.25) is 0 Å². The Morgan fingerprint density at radius 3 is 2.88 bits per heavy atom. The van der Waals surface area contributed by atoms with Crippen LogP contribution in [-0.2, 0) is 6.54 Å². The number of aliphatic hydroxyl groups is 1. The summed E-state index contributed by atoms with van der Waals surface area (Å²) < 4.78 is 15.0. The van der Waals surface area contributed by atoms with Crippen LogP contribution >= 0.6 is 0 Å². The van der Waals surface area contributed by atoms with Crippen LogP contribution in [0.25, 0.3) is 11.0 Å². The highest BCUT2D eigenvalue weighted by molar-refractivity contribution is 5.76. The van der Waals surface area contributed by atoms with E-state index in [1.807, 2.05) is 11.5 Å². The van der Waals surface area contributed by atoms with Crippen molar-refractivity contribution in [1.29, 1.82) is 0 Å². The number of hydrogen-bond acceptors (Lipinski definition) is 2. The summed E-state index contributed by atoms with van der Waals surface area (Å²) in [7, 11) is 0. The molecule has 0 bridgehead atoms. The molecule has 0 aliphatic heterocycles. The summed E-state index contributed by atoms with van der Waals surface area (Å²) in [5.41, 5.74) is 1.48. The molecule has 3 nitrogen and oxygen atoms in total. The number of fused-ring (bicyclic) bond motifs is 1. The van der Waals surface area contributed by atoms with Gasteiger partial charge in [-0.3, -0.25) is 0 Å². The quantitative estimate of drug-likeness (QED) is 0.866. The molecule has 0 spiro atoms. The van der Waals surface area contributed by atoms with E-state index in [0.29, 0.717) is 5.82 Å². The van der Waals surface area contributed by atoms with Gasteiger partial charge in [-0.2, -0.15) is 0 Å². The van der Waals surface area contributed by atoms with Gasteiger partial charge in [0.25, 0.3) is 0 Å². The molecule has 1 heterocycles. The lowest BCUT2D eigenvalue weighted by Gasteiger charge is -2.09. The third-order valence-corrected chi connectivity index (χ3v) is 2.56. The van der Waals surface area contributed by atoms with Crippen molar-refractivity contribution in [3.05, 3.63) is 29.8 Å². The molecule has 1 atom stereocenters. The fourth-order valence-corrected chi connectivity index (χ4v) is 1.89. The highest BCUT2D eigenvalue weighted by Gasteiger charge is 2.14. The minimum absolute atomic E-state index is 0.276. The maximum absolute atomic E-state index is 13.2. The van der Waals surface area contributed by atoms with E-state index in [0.717, 1.165) is 24.0 Å². The van der Waals surface area contributed by atoms with Crippen molar-refractivity contribution in [2.24, 2.45) is 0 Å². The molecule has 16 heavy (non-hydrogen) atoms. The van der Waals surface area contributed by atoms with Gasteiger partial charge in [0, 0.05) is 6.54 Å². The number of hydrogen-bond donors (Lipinski definition) is 1. The Morgan fingerprint density at radius 1 is 1.50 bits per heavy atom. The van der Waals surface area contributed by atoms with Crippen LogP contribution in [0.3, 0.4) is 0 Å². The molecule has 0 aliphatic rings. The predicted molar refractivity (Wildman–Crippen MR) is 60.6 cm³/mol. The zero-order valence-electron chi connectivity index (χ0n) is 9.44. The Morgan fingerprint density at radius 2 is 2.25 bits per heavy atom. The smallest absolute Gasteiger partial charge is 0.138 e. The normalized spacial score (nSPS) is 13.2. The average molecular weight is 222 g/mol. The highest BCUT2D eigenvalue weighted by Crippen LogP contribution is 2.21. The minimum Gasteiger partial charge on any atom is -0.385 e. The second-order valence-corrected chi connectivity index (χ2v) is 3.93. The molecular weight excluding hydrogens is 207 g/mol. The van der Waals surface area contributed by atoms with Gasteiger partial charge < -0.3 is 9.67 Å². The van der Waals surface area contributed by atoms with Gasteiger partial charge in [0.2, 0.25) is 0 Å². The first-order valence-corrected chi connectivity index (χ1v) is 5.47. The zero-order valence-corrected chi connectivity index (χ0v) is 9.44. The average Bonchev–Trinajstić information content (AvgIpc) is 2.58. The summed E-state index contributed by atoms with van der Waals surface area (Å²) >= 11 is 0. The van der Waals surface area contributed by atoms with Crippen molar-refractivity contribution in [2.45, 2.75) is 32.9 Å². The van der Waals surface area contributed by atoms with Crippen LogP contribution in [0.5, 0.6) is 0 Å². The monoisotopic (exact) mass is 222 g/mol. The summed E-state index contributed by atoms with van der Waals surface area (Å²) in [6, 6.07) is 4.49. The van der Waals surface area contributed by atoms with Crippen LogP contribution in [0.15, 0.2) is 18.2 Å². The van der Waals surface area contributed by atoms with Crippen LogP contribution in [-0.4, -0.2) is 14.7 Å². The van der Waals surface area contributed by atoms with E-state index in [4.69, 9.17) is 0 Å². The number of rotatable bonds is 3. The van der Waals surface area contributed by atoms with Gasteiger partial charge in [-0.05, 0) is 31.5 Å². The molecule has 0 amide bonds. The zero-order chi connectivity index (χ0) is 11.7. The molecule has 1 unspecified atom stereocenters. The van der Waals surface area contributed by atoms with Gasteiger partial charge in [-0.25, -0.2) is 9.37 Å². The fourth-order valence-electron chi connectivity index (χ4n) is 1.89. The van der Waals surface area contributed by atoms with Crippen molar-refractivity contribution in [1.82, 2.24) is 9.55 Å². The third kappa shape index (κ3) is 1.80. The van der Waals surface area contributed by atoms with Crippen LogP contribution in [0, 0.1) is 5.82 Å². The molecule has 0 fully saturated rings. The van der Waals surface area contributed by atoms with Gasteiger partial charge in [0.1, 0.15) is 17.7 Å². The van der Waals surface area contributed by atoms with E-state index in [2.05, 4.69) is 4.98 Å². The summed E-state index contributed by atoms with van der Waals surface area (Å²) in [6.45, 7) is 4.45. The van der Waals surface area contributed by atoms with E-state index in [-0.39, 0.29) is 5.82 Å². The van der Waals surface area contributed by atoms with Gasteiger partial charge in [-0.1, -0.05) is 6.92 Å². The van der Waals surface area contributed by atoms with Gasteiger partial charge >= 0.3 is 0 Å². The van der Waals surface area contributed by atoms with E-state index >= 15 is 0 Å². The molecule has 86 valence electrons. The first-order valence-electron chi connectivity index (χ1n) is 5.47. The van der Waals surface area contributed by atoms with Crippen molar-refractivity contribution >= 4 is 11.0 Å². The van der Waals surface area contributed by atoms with E-state index in [9.17, 15) is 9.50 Å². The minimum atomic E-state index is -0.637. The maximum Gasteiger partial charge on any atom is 0.138 e. The Kier molecular flexibility index (Phi) is 2.92. The fraction of sp³-hybridized carbons (Fsp3) is 0.417. The molecular formula is C12H15FN2O. The van der Waals surface area contributed by atoms with Crippen molar-refractivity contribution in [3.8, 4) is 0 Å². The van der Waals surface area contributed by atoms with Crippen LogP contribution < -0.4 is 0 Å². The number of benzene rings is 1. The molecule has 1 aromatic carbocycles. The number of aliphatic hydroxyl groups excluding tert-OH is 1. The maximum atomic E-state index is 13.2. The molecule has 2 aromatic rings. The summed E-state index contributed by atoms with van der Waals surface area (Å²) in [5.74, 6) is 0.323. The molecule has 1 aromatic heterocycles. The van der Waals surface area contributed by atoms with Crippen LogP contribution in [0.1, 0.15) is 32.2 Å². The topological polar surface area (TPSA) is 38.0 Å².